The van der Waals surface area contributed by atoms with Gasteiger partial charge < -0.3 is 52.4 Å². The van der Waals surface area contributed by atoms with E-state index in [1.54, 1.807) is 0 Å². The zero-order valence-corrected chi connectivity index (χ0v) is 45.2. The summed E-state index contributed by atoms with van der Waals surface area (Å²) in [5.41, 5.74) is 19.5. The van der Waals surface area contributed by atoms with Gasteiger partial charge in [0.25, 0.3) is 5.91 Å². The summed E-state index contributed by atoms with van der Waals surface area (Å²) in [5.74, 6) is -0.930. The molecule has 7 unspecified atom stereocenters. The molecule has 3 aromatic carbocycles. The number of nitrogens with zero attached hydrogens (tertiary/aromatic N) is 1. The molecule has 0 bridgehead atoms. The summed E-state index contributed by atoms with van der Waals surface area (Å²) < 4.78 is 6.33. The Morgan fingerprint density at radius 3 is 2.18 bits per heavy atom. The third-order valence-electron chi connectivity index (χ3n) is 15.3. The van der Waals surface area contributed by atoms with Gasteiger partial charge in [-0.1, -0.05) is 73.2 Å². The molecule has 0 aromatic heterocycles. The number of hydrazone groups is 1. The number of hydrogen-bond acceptors (Lipinski definition) is 10. The number of amides is 5. The lowest BCUT2D eigenvalue weighted by Gasteiger charge is -2.41. The van der Waals surface area contributed by atoms with E-state index in [9.17, 15) is 33.9 Å². The van der Waals surface area contributed by atoms with Gasteiger partial charge in [0.15, 0.2) is 6.04 Å². The Kier molecular flexibility index (Phi) is 27.6. The van der Waals surface area contributed by atoms with E-state index in [1.807, 2.05) is 79.9 Å². The molecule has 0 aliphatic carbocycles. The van der Waals surface area contributed by atoms with Crippen LogP contribution in [0, 0.1) is 23.7 Å². The van der Waals surface area contributed by atoms with Gasteiger partial charge in [-0.05, 0) is 149 Å². The maximum atomic E-state index is 13.4. The minimum Gasteiger partial charge on any atom is -0.550 e. The maximum absolute atomic E-state index is 13.4. The van der Waals surface area contributed by atoms with E-state index in [0.29, 0.717) is 95.9 Å². The van der Waals surface area contributed by atoms with Crippen LogP contribution in [0.5, 0.6) is 0 Å². The number of carbonyl (C=O) groups excluding carboxylic acids is 6. The average molecular weight is 1050 g/mol. The number of quaternary nitrogens is 1. The number of carbonyl (C=O) groups is 6. The van der Waals surface area contributed by atoms with Gasteiger partial charge >= 0.3 is 0 Å². The lowest BCUT2D eigenvalue weighted by molar-refractivity contribution is -0.927. The number of carboxylic acid groups (broad SMARTS) is 1. The Balaban J connectivity index is 1.11. The fourth-order valence-electron chi connectivity index (χ4n) is 11.1. The van der Waals surface area contributed by atoms with Gasteiger partial charge in [0.2, 0.25) is 23.6 Å². The summed E-state index contributed by atoms with van der Waals surface area (Å²) in [4.78, 5) is 76.6. The first-order chi connectivity index (χ1) is 36.8. The molecule has 7 atom stereocenters. The number of aryl methyl sites for hydroxylation is 3. The van der Waals surface area contributed by atoms with E-state index < -0.39 is 5.97 Å². The number of unbranched alkanes of at least 4 members (excludes halogenated alkanes) is 2. The highest BCUT2D eigenvalue weighted by molar-refractivity contribution is 5.90. The fourth-order valence-corrected chi connectivity index (χ4v) is 11.1. The van der Waals surface area contributed by atoms with Gasteiger partial charge in [-0.3, -0.25) is 24.0 Å². The number of piperidine rings is 1. The number of likely N-dealkylation sites (tertiary alicyclic amines) is 1. The second-order valence-electron chi connectivity index (χ2n) is 21.2. The molecule has 5 amide bonds. The van der Waals surface area contributed by atoms with Crippen LogP contribution in [0.3, 0.4) is 0 Å². The summed E-state index contributed by atoms with van der Waals surface area (Å²) in [6, 6.07) is 25.4. The van der Waals surface area contributed by atoms with E-state index in [4.69, 9.17) is 16.2 Å². The first-order valence-corrected chi connectivity index (χ1v) is 28.4. The number of anilines is 1. The number of carboxylic acids is 1. The Bertz CT molecular complexity index is 2260. The van der Waals surface area contributed by atoms with Crippen LogP contribution >= 0.6 is 0 Å². The molecule has 3 aromatic rings. The van der Waals surface area contributed by atoms with Gasteiger partial charge in [0.05, 0.1) is 25.6 Å². The van der Waals surface area contributed by atoms with Crippen molar-refractivity contribution in [3.8, 4) is 0 Å². The van der Waals surface area contributed by atoms with Crippen molar-refractivity contribution in [1.82, 2.24) is 16.1 Å². The number of nitrogens with two attached hydrogens (primary N) is 2. The molecule has 76 heavy (non-hydrogen) atoms. The zero-order valence-electron chi connectivity index (χ0n) is 45.2. The number of benzene rings is 3. The number of hydrogen-bond donors (Lipinski definition) is 7. The topological polar surface area (TPSA) is 252 Å². The van der Waals surface area contributed by atoms with Crippen LogP contribution in [0.1, 0.15) is 145 Å². The minimum atomic E-state index is -1.05. The number of ether oxygens (including phenoxy) is 1. The molecule has 16 nitrogen and oxygen atoms in total. The van der Waals surface area contributed by atoms with E-state index in [-0.39, 0.29) is 72.8 Å². The number of primary amides is 2. The third kappa shape index (κ3) is 23.8. The zero-order chi connectivity index (χ0) is 54.3. The van der Waals surface area contributed by atoms with Gasteiger partial charge in [-0.25, -0.2) is 0 Å². The number of rotatable bonds is 38. The van der Waals surface area contributed by atoms with Crippen molar-refractivity contribution in [2.24, 2.45) is 40.2 Å². The maximum Gasteiger partial charge on any atom is 0.275 e. The van der Waals surface area contributed by atoms with Gasteiger partial charge in [0, 0.05) is 88.1 Å². The molecular weight excluding hydrogens is 961 g/mol. The van der Waals surface area contributed by atoms with E-state index >= 15 is 0 Å². The summed E-state index contributed by atoms with van der Waals surface area (Å²) in [5, 5.41) is 24.6. The largest absolute Gasteiger partial charge is 0.550 e. The van der Waals surface area contributed by atoms with Gasteiger partial charge in [-0.2, -0.15) is 5.10 Å². The smallest absolute Gasteiger partial charge is 0.275 e. The molecule has 2 aliphatic heterocycles. The van der Waals surface area contributed by atoms with Crippen LogP contribution in [0.4, 0.5) is 5.69 Å². The summed E-state index contributed by atoms with van der Waals surface area (Å²) in [6.07, 6.45) is 16.0. The first-order valence-electron chi connectivity index (χ1n) is 28.4. The lowest BCUT2D eigenvalue weighted by Crippen LogP contribution is -3.19. The highest BCUT2D eigenvalue weighted by Crippen LogP contribution is 2.30. The molecule has 0 spiro atoms. The molecule has 0 radical (unpaired) electrons. The molecule has 0 saturated carbocycles. The van der Waals surface area contributed by atoms with Crippen LogP contribution in [-0.2, 0) is 59.2 Å². The van der Waals surface area contributed by atoms with Crippen LogP contribution in [0.2, 0.25) is 0 Å². The predicted octanol–water partition coefficient (Wildman–Crippen LogP) is 4.90. The molecule has 2 heterocycles. The number of nitrogens with one attached hydrogen (secondary N) is 5. The fraction of sp³-hybridized carbons (Fsp3) is 0.583. The van der Waals surface area contributed by atoms with Crippen molar-refractivity contribution < 1.29 is 43.5 Å². The molecular formula is C60H88N8O8. The van der Waals surface area contributed by atoms with Gasteiger partial charge in [0.1, 0.15) is 0 Å². The van der Waals surface area contributed by atoms with Crippen molar-refractivity contribution >= 4 is 47.4 Å². The van der Waals surface area contributed by atoms with E-state index in [1.165, 1.54) is 5.56 Å². The second kappa shape index (κ2) is 34.5. The lowest BCUT2D eigenvalue weighted by atomic mass is 9.76. The normalized spacial score (nSPS) is 18.8. The minimum absolute atomic E-state index is 0.00162. The number of para-hydroxylation sites is 1. The average Bonchev–Trinajstić information content (AvgIpc) is 3.93. The van der Waals surface area contributed by atoms with Gasteiger partial charge in [-0.15, -0.1) is 0 Å². The van der Waals surface area contributed by atoms with Crippen LogP contribution in [-0.4, -0.2) is 93.2 Å². The second-order valence-corrected chi connectivity index (χ2v) is 21.2. The van der Waals surface area contributed by atoms with E-state index in [2.05, 4.69) is 38.6 Å². The molecule has 2 aliphatic rings. The third-order valence-corrected chi connectivity index (χ3v) is 15.3. The summed E-state index contributed by atoms with van der Waals surface area (Å²) >= 11 is 0. The predicted molar refractivity (Wildman–Crippen MR) is 296 cm³/mol. The van der Waals surface area contributed by atoms with Crippen molar-refractivity contribution in [1.29, 1.82) is 0 Å². The SMILES string of the molecule is CCOC(CCC(CCCC(=O)NCCCCc1ccc(CCC(N)=O)cc1CC(=O)NCCCCC1C=NNC1)CC(=O)Nc1ccccc1)CC[NH+]1CC(CCc2ccccc2)C(CCCC(=O)[O-])CC1C(N)=O. The Morgan fingerprint density at radius 2 is 1.47 bits per heavy atom. The standard InChI is InChI=1S/C60H88N8O8/c1-2-76-53(33-36-68-43-50(30-25-44-15-5-3-6-16-44)49(20-14-24-59(73)74)39-54(68)60(62)75)31-27-45(38-58(72)67-52-21-7-4-8-22-52)18-13-23-56(70)63-34-12-10-19-48-29-26-46(28-32-55(61)69)37-51(48)40-57(71)64-35-11-9-17-47-41-65-66-42-47/h3-8,15-16,21-22,26,29,37,41,45,47,49-50,53-54,66H,2,9-14,17-20,23-25,27-28,30-36,38-40,42-43H2,1H3,(H2,61,69)(H2,62,75)(H,63,70)(H,64,71)(H,67,72)(H,73,74). The quantitative estimate of drug-likeness (QED) is 0.0385. The molecule has 9 N–H and O–H groups in total. The monoisotopic (exact) mass is 1050 g/mol. The highest BCUT2D eigenvalue weighted by Gasteiger charge is 2.41. The van der Waals surface area contributed by atoms with Crippen molar-refractivity contribution in [3.63, 3.8) is 0 Å². The summed E-state index contributed by atoms with van der Waals surface area (Å²) in [7, 11) is 0. The van der Waals surface area contributed by atoms with Crippen LogP contribution < -0.4 is 42.8 Å². The van der Waals surface area contributed by atoms with Crippen molar-refractivity contribution in [3.05, 3.63) is 101 Å². The highest BCUT2D eigenvalue weighted by atomic mass is 16.5. The van der Waals surface area contributed by atoms with Crippen molar-refractivity contribution in [2.45, 2.75) is 160 Å². The van der Waals surface area contributed by atoms with Crippen molar-refractivity contribution in [2.75, 3.05) is 44.6 Å². The molecule has 16 heteroatoms. The Labute approximate surface area is 451 Å². The summed E-state index contributed by atoms with van der Waals surface area (Å²) in [6.45, 7) is 5.99. The molecule has 1 saturated heterocycles. The van der Waals surface area contributed by atoms with Crippen LogP contribution in [0.15, 0.2) is 84.0 Å². The molecule has 416 valence electrons. The molecule has 5 rings (SSSR count). The first kappa shape index (κ1) is 60.7. The van der Waals surface area contributed by atoms with Crippen LogP contribution in [0.25, 0.3) is 0 Å². The number of aliphatic carboxylic acids is 1. The Morgan fingerprint density at radius 1 is 0.724 bits per heavy atom. The van der Waals surface area contributed by atoms with E-state index in [0.717, 1.165) is 105 Å². The molecule has 1 fully saturated rings. The Hall–Kier alpha value is -6.13.